The predicted octanol–water partition coefficient (Wildman–Crippen LogP) is 3.06. The molecule has 2 N–H and O–H groups in total. The molecule has 2 aromatic carbocycles. The van der Waals surface area contributed by atoms with Gasteiger partial charge in [0.25, 0.3) is 0 Å². The lowest BCUT2D eigenvalue weighted by atomic mass is 10.1. The number of rotatable bonds is 6. The van der Waals surface area contributed by atoms with E-state index in [9.17, 15) is 9.59 Å². The molecule has 1 aliphatic carbocycles. The summed E-state index contributed by atoms with van der Waals surface area (Å²) in [5.74, 6) is 0.176. The smallest absolute Gasteiger partial charge is 0.307 e. The lowest BCUT2D eigenvalue weighted by Crippen LogP contribution is -2.14. The summed E-state index contributed by atoms with van der Waals surface area (Å²) in [7, 11) is 1.63. The monoisotopic (exact) mass is 325 g/mol. The molecule has 1 fully saturated rings. The first-order valence-electron chi connectivity index (χ1n) is 7.82. The Kier molecular flexibility index (Phi) is 4.51. The van der Waals surface area contributed by atoms with Gasteiger partial charge in [-0.25, -0.2) is 0 Å². The highest BCUT2D eigenvalue weighted by atomic mass is 16.5. The van der Waals surface area contributed by atoms with Crippen LogP contribution in [0.1, 0.15) is 23.5 Å². The highest BCUT2D eigenvalue weighted by Gasteiger charge is 2.43. The maximum absolute atomic E-state index is 12.3. The van der Waals surface area contributed by atoms with Crippen LogP contribution in [-0.2, 0) is 16.0 Å². The Morgan fingerprint density at radius 1 is 1.12 bits per heavy atom. The molecule has 2 aromatic rings. The summed E-state index contributed by atoms with van der Waals surface area (Å²) < 4.78 is 5.14. The van der Waals surface area contributed by atoms with E-state index in [4.69, 9.17) is 9.84 Å². The van der Waals surface area contributed by atoms with Crippen molar-refractivity contribution in [3.63, 3.8) is 0 Å². The molecule has 5 heteroatoms. The normalized spacial score (nSPS) is 18.7. The fourth-order valence-electron chi connectivity index (χ4n) is 2.82. The number of carbonyl (C=O) groups excluding carboxylic acids is 1. The van der Waals surface area contributed by atoms with E-state index in [1.54, 1.807) is 31.4 Å². The summed E-state index contributed by atoms with van der Waals surface area (Å²) in [4.78, 5) is 23.0. The second-order valence-electron chi connectivity index (χ2n) is 5.98. The number of carbonyl (C=O) groups is 2. The first kappa shape index (κ1) is 16.1. The van der Waals surface area contributed by atoms with Gasteiger partial charge in [-0.2, -0.15) is 0 Å². The van der Waals surface area contributed by atoms with Crippen molar-refractivity contribution < 1.29 is 19.4 Å². The van der Waals surface area contributed by atoms with Crippen molar-refractivity contribution in [2.75, 3.05) is 12.4 Å². The van der Waals surface area contributed by atoms with Gasteiger partial charge in [0.05, 0.1) is 13.5 Å². The summed E-state index contributed by atoms with van der Waals surface area (Å²) in [6.07, 6.45) is 0.825. The number of carboxylic acid groups (broad SMARTS) is 1. The molecule has 0 bridgehead atoms. The second kappa shape index (κ2) is 6.74. The molecule has 0 spiro atoms. The van der Waals surface area contributed by atoms with E-state index in [0.29, 0.717) is 11.3 Å². The zero-order chi connectivity index (χ0) is 17.1. The van der Waals surface area contributed by atoms with E-state index >= 15 is 0 Å². The topological polar surface area (TPSA) is 75.6 Å². The van der Waals surface area contributed by atoms with Crippen molar-refractivity contribution in [3.8, 4) is 5.75 Å². The van der Waals surface area contributed by atoms with Crippen LogP contribution in [0.5, 0.6) is 5.75 Å². The van der Waals surface area contributed by atoms with Crippen molar-refractivity contribution >= 4 is 17.6 Å². The Morgan fingerprint density at radius 3 is 2.38 bits per heavy atom. The first-order valence-corrected chi connectivity index (χ1v) is 7.82. The fourth-order valence-corrected chi connectivity index (χ4v) is 2.82. The van der Waals surface area contributed by atoms with Crippen LogP contribution in [0, 0.1) is 5.92 Å². The molecular formula is C19H19NO4. The molecule has 24 heavy (non-hydrogen) atoms. The molecule has 0 radical (unpaired) electrons. The molecule has 0 heterocycles. The number of nitrogens with one attached hydrogen (secondary N) is 1. The summed E-state index contributed by atoms with van der Waals surface area (Å²) in [6.45, 7) is 0. The van der Waals surface area contributed by atoms with Crippen LogP contribution in [-0.4, -0.2) is 24.1 Å². The van der Waals surface area contributed by atoms with Gasteiger partial charge in [0, 0.05) is 11.6 Å². The number of aliphatic carboxylic acids is 1. The van der Waals surface area contributed by atoms with Crippen LogP contribution in [0.4, 0.5) is 5.69 Å². The number of anilines is 1. The van der Waals surface area contributed by atoms with E-state index in [1.807, 2.05) is 24.3 Å². The molecule has 0 aliphatic heterocycles. The molecule has 2 atom stereocenters. The molecule has 1 aliphatic rings. The number of benzene rings is 2. The molecule has 3 rings (SSSR count). The molecular weight excluding hydrogens is 306 g/mol. The maximum Gasteiger partial charge on any atom is 0.307 e. The minimum absolute atomic E-state index is 0.00167. The van der Waals surface area contributed by atoms with Crippen molar-refractivity contribution in [1.82, 2.24) is 0 Å². The van der Waals surface area contributed by atoms with Gasteiger partial charge < -0.3 is 15.2 Å². The molecule has 124 valence electrons. The quantitative estimate of drug-likeness (QED) is 0.856. The first-order chi connectivity index (χ1) is 11.6. The van der Waals surface area contributed by atoms with Gasteiger partial charge in [-0.3, -0.25) is 9.59 Å². The van der Waals surface area contributed by atoms with Crippen molar-refractivity contribution in [3.05, 3.63) is 59.7 Å². The fraction of sp³-hybridized carbons (Fsp3) is 0.263. The molecule has 1 saturated carbocycles. The molecule has 0 aromatic heterocycles. The summed E-state index contributed by atoms with van der Waals surface area (Å²) in [5.41, 5.74) is 2.55. The number of amides is 1. The van der Waals surface area contributed by atoms with Crippen molar-refractivity contribution in [2.45, 2.75) is 18.8 Å². The second-order valence-corrected chi connectivity index (χ2v) is 5.98. The minimum Gasteiger partial charge on any atom is -0.497 e. The lowest BCUT2D eigenvalue weighted by molar-refractivity contribution is -0.136. The highest BCUT2D eigenvalue weighted by molar-refractivity contribution is 5.95. The largest absolute Gasteiger partial charge is 0.497 e. The molecule has 2 unspecified atom stereocenters. The van der Waals surface area contributed by atoms with Crippen LogP contribution in [0.3, 0.4) is 0 Å². The lowest BCUT2D eigenvalue weighted by Gasteiger charge is -2.06. The Hall–Kier alpha value is -2.82. The van der Waals surface area contributed by atoms with Crippen molar-refractivity contribution in [2.24, 2.45) is 5.92 Å². The van der Waals surface area contributed by atoms with Gasteiger partial charge in [-0.15, -0.1) is 0 Å². The number of hydrogen-bond donors (Lipinski definition) is 2. The highest BCUT2D eigenvalue weighted by Crippen LogP contribution is 2.48. The van der Waals surface area contributed by atoms with E-state index in [-0.39, 0.29) is 24.2 Å². The molecule has 1 amide bonds. The van der Waals surface area contributed by atoms with Crippen LogP contribution in [0.25, 0.3) is 0 Å². The third-order valence-corrected chi connectivity index (χ3v) is 4.25. The Morgan fingerprint density at radius 2 is 1.79 bits per heavy atom. The Labute approximate surface area is 140 Å². The number of carboxylic acids is 1. The third-order valence-electron chi connectivity index (χ3n) is 4.25. The number of methoxy groups -OCH3 is 1. The van der Waals surface area contributed by atoms with Crippen LogP contribution in [0.15, 0.2) is 48.5 Å². The van der Waals surface area contributed by atoms with E-state index in [0.717, 1.165) is 17.7 Å². The minimum atomic E-state index is -0.868. The Bertz CT molecular complexity index is 737. The SMILES string of the molecule is COc1ccc(C2CC2C(=O)Nc2ccc(CC(=O)O)cc2)cc1. The van der Waals surface area contributed by atoms with Gasteiger partial charge >= 0.3 is 5.97 Å². The Balaban J connectivity index is 1.57. The standard InChI is InChI=1S/C19H19NO4/c1-24-15-8-4-13(5-9-15)16-11-17(16)19(23)20-14-6-2-12(3-7-14)10-18(21)22/h2-9,16-17H,10-11H2,1H3,(H,20,23)(H,21,22). The van der Waals surface area contributed by atoms with Gasteiger partial charge in [0.2, 0.25) is 5.91 Å². The van der Waals surface area contributed by atoms with Gasteiger partial charge in [-0.05, 0) is 47.7 Å². The van der Waals surface area contributed by atoms with Crippen LogP contribution < -0.4 is 10.1 Å². The maximum atomic E-state index is 12.3. The molecule has 5 nitrogen and oxygen atoms in total. The van der Waals surface area contributed by atoms with Crippen LogP contribution >= 0.6 is 0 Å². The van der Waals surface area contributed by atoms with Crippen molar-refractivity contribution in [1.29, 1.82) is 0 Å². The van der Waals surface area contributed by atoms with Gasteiger partial charge in [0.15, 0.2) is 0 Å². The number of hydrogen-bond acceptors (Lipinski definition) is 3. The predicted molar refractivity (Wildman–Crippen MR) is 90.3 cm³/mol. The number of ether oxygens (including phenoxy) is 1. The van der Waals surface area contributed by atoms with Gasteiger partial charge in [-0.1, -0.05) is 24.3 Å². The zero-order valence-corrected chi connectivity index (χ0v) is 13.4. The average molecular weight is 325 g/mol. The van der Waals surface area contributed by atoms with E-state index in [1.165, 1.54) is 0 Å². The summed E-state index contributed by atoms with van der Waals surface area (Å²) >= 11 is 0. The molecule has 0 saturated heterocycles. The van der Waals surface area contributed by atoms with E-state index in [2.05, 4.69) is 5.32 Å². The third kappa shape index (κ3) is 3.74. The van der Waals surface area contributed by atoms with Gasteiger partial charge in [0.1, 0.15) is 5.75 Å². The summed E-state index contributed by atoms with van der Waals surface area (Å²) in [6, 6.07) is 14.7. The van der Waals surface area contributed by atoms with Crippen LogP contribution in [0.2, 0.25) is 0 Å². The van der Waals surface area contributed by atoms with E-state index < -0.39 is 5.97 Å². The average Bonchev–Trinajstić information content (AvgIpc) is 3.37. The summed E-state index contributed by atoms with van der Waals surface area (Å²) in [5, 5.41) is 11.7. The zero-order valence-electron chi connectivity index (χ0n) is 13.4.